The summed E-state index contributed by atoms with van der Waals surface area (Å²) in [7, 11) is -2.09. The molecule has 0 saturated carbocycles. The molecule has 1 aromatic rings. The van der Waals surface area contributed by atoms with Crippen molar-refractivity contribution >= 4 is 13.3 Å². The fraction of sp³-hybridized carbons (Fsp3) is 0. The maximum Gasteiger partial charge on any atom is 0.265 e. The standard InChI is InChI=1S/C8H9O2P/c1-2-10-11(9)8-6-4-3-5-7-8/h2-7,11H,1H2. The van der Waals surface area contributed by atoms with E-state index < -0.39 is 8.03 Å². The molecule has 0 fully saturated rings. The Morgan fingerprint density at radius 3 is 2.55 bits per heavy atom. The van der Waals surface area contributed by atoms with Crippen LogP contribution in [0.4, 0.5) is 0 Å². The van der Waals surface area contributed by atoms with Crippen molar-refractivity contribution in [1.82, 2.24) is 0 Å². The lowest BCUT2D eigenvalue weighted by Gasteiger charge is -1.98. The Hall–Kier alpha value is -1.01. The van der Waals surface area contributed by atoms with Gasteiger partial charge in [-0.2, -0.15) is 0 Å². The third-order valence-corrected chi connectivity index (χ3v) is 2.39. The van der Waals surface area contributed by atoms with Crippen molar-refractivity contribution in [2.75, 3.05) is 0 Å². The van der Waals surface area contributed by atoms with Crippen LogP contribution in [0.15, 0.2) is 43.2 Å². The summed E-state index contributed by atoms with van der Waals surface area (Å²) in [6.45, 7) is 3.33. The molecule has 0 aromatic heterocycles. The first-order chi connectivity index (χ1) is 5.34. The van der Waals surface area contributed by atoms with E-state index in [1.165, 1.54) is 6.26 Å². The smallest absolute Gasteiger partial charge is 0.265 e. The van der Waals surface area contributed by atoms with Crippen LogP contribution in [0.2, 0.25) is 0 Å². The molecule has 1 unspecified atom stereocenters. The van der Waals surface area contributed by atoms with Crippen molar-refractivity contribution in [3.63, 3.8) is 0 Å². The quantitative estimate of drug-likeness (QED) is 0.509. The Morgan fingerprint density at radius 1 is 1.36 bits per heavy atom. The van der Waals surface area contributed by atoms with E-state index in [9.17, 15) is 4.57 Å². The average molecular weight is 168 g/mol. The third-order valence-electron chi connectivity index (χ3n) is 1.20. The topological polar surface area (TPSA) is 26.3 Å². The zero-order valence-corrected chi connectivity index (χ0v) is 6.99. The molecule has 0 amide bonds. The zero-order chi connectivity index (χ0) is 8.10. The summed E-state index contributed by atoms with van der Waals surface area (Å²) >= 11 is 0. The molecule has 1 atom stereocenters. The highest BCUT2D eigenvalue weighted by atomic mass is 31.1. The molecular formula is C8H9O2P. The maximum atomic E-state index is 11.1. The molecule has 0 spiro atoms. The Bertz CT molecular complexity index is 256. The van der Waals surface area contributed by atoms with E-state index in [0.717, 1.165) is 5.30 Å². The summed E-state index contributed by atoms with van der Waals surface area (Å²) in [4.78, 5) is 0. The highest BCUT2D eigenvalue weighted by Crippen LogP contribution is 2.20. The van der Waals surface area contributed by atoms with E-state index in [0.29, 0.717) is 0 Å². The molecule has 0 N–H and O–H groups in total. The van der Waals surface area contributed by atoms with Crippen LogP contribution in [0.25, 0.3) is 0 Å². The van der Waals surface area contributed by atoms with Gasteiger partial charge in [-0.25, -0.2) is 0 Å². The van der Waals surface area contributed by atoms with E-state index >= 15 is 0 Å². The van der Waals surface area contributed by atoms with Crippen molar-refractivity contribution in [3.8, 4) is 0 Å². The van der Waals surface area contributed by atoms with Gasteiger partial charge < -0.3 is 4.52 Å². The van der Waals surface area contributed by atoms with E-state index in [1.54, 1.807) is 12.1 Å². The molecule has 0 bridgehead atoms. The SMILES string of the molecule is C=CO[PH](=O)c1ccccc1. The minimum absolute atomic E-state index is 0.720. The van der Waals surface area contributed by atoms with Gasteiger partial charge in [-0.15, -0.1) is 0 Å². The van der Waals surface area contributed by atoms with Crippen LogP contribution in [-0.4, -0.2) is 0 Å². The molecule has 1 rings (SSSR count). The molecule has 0 heterocycles. The van der Waals surface area contributed by atoms with Crippen LogP contribution in [0.3, 0.4) is 0 Å². The number of benzene rings is 1. The molecule has 0 aliphatic heterocycles. The van der Waals surface area contributed by atoms with Gasteiger partial charge in [0.25, 0.3) is 8.03 Å². The molecule has 2 nitrogen and oxygen atoms in total. The largest absolute Gasteiger partial charge is 0.450 e. The van der Waals surface area contributed by atoms with Gasteiger partial charge in [0.05, 0.1) is 6.26 Å². The van der Waals surface area contributed by atoms with Crippen LogP contribution in [0.5, 0.6) is 0 Å². The molecule has 1 aromatic carbocycles. The first-order valence-electron chi connectivity index (χ1n) is 3.21. The molecule has 0 radical (unpaired) electrons. The second-order valence-electron chi connectivity index (χ2n) is 1.94. The monoisotopic (exact) mass is 168 g/mol. The van der Waals surface area contributed by atoms with Gasteiger partial charge in [-0.05, 0) is 12.1 Å². The molecule has 11 heavy (non-hydrogen) atoms. The Kier molecular flexibility index (Phi) is 2.94. The lowest BCUT2D eigenvalue weighted by atomic mass is 10.4. The van der Waals surface area contributed by atoms with Gasteiger partial charge in [0.1, 0.15) is 0 Å². The van der Waals surface area contributed by atoms with Crippen molar-refractivity contribution in [2.45, 2.75) is 0 Å². The molecule has 0 saturated heterocycles. The van der Waals surface area contributed by atoms with Crippen molar-refractivity contribution in [1.29, 1.82) is 0 Å². The molecule has 3 heteroatoms. The number of hydrogen-bond acceptors (Lipinski definition) is 2. The predicted octanol–water partition coefficient (Wildman–Crippen LogP) is 1.95. The average Bonchev–Trinajstić information content (AvgIpc) is 2.07. The summed E-state index contributed by atoms with van der Waals surface area (Å²) in [6, 6.07) is 9.05. The summed E-state index contributed by atoms with van der Waals surface area (Å²) in [5, 5.41) is 0.720. The highest BCUT2D eigenvalue weighted by Gasteiger charge is 1.98. The van der Waals surface area contributed by atoms with Gasteiger partial charge >= 0.3 is 0 Å². The summed E-state index contributed by atoms with van der Waals surface area (Å²) < 4.78 is 15.9. The van der Waals surface area contributed by atoms with E-state index in [-0.39, 0.29) is 0 Å². The maximum absolute atomic E-state index is 11.1. The lowest BCUT2D eigenvalue weighted by molar-refractivity contribution is 0.474. The minimum atomic E-state index is -2.09. The van der Waals surface area contributed by atoms with Gasteiger partial charge in [0, 0.05) is 5.30 Å². The van der Waals surface area contributed by atoms with Gasteiger partial charge in [0.15, 0.2) is 0 Å². The van der Waals surface area contributed by atoms with Crippen LogP contribution >= 0.6 is 8.03 Å². The Balaban J connectivity index is 2.77. The summed E-state index contributed by atoms with van der Waals surface area (Å²) in [5.41, 5.74) is 0. The summed E-state index contributed by atoms with van der Waals surface area (Å²) in [6.07, 6.45) is 1.20. The first kappa shape index (κ1) is 8.09. The van der Waals surface area contributed by atoms with Crippen LogP contribution < -0.4 is 5.30 Å². The van der Waals surface area contributed by atoms with Crippen molar-refractivity contribution in [2.24, 2.45) is 0 Å². The normalized spacial score (nSPS) is 12.0. The fourth-order valence-corrected chi connectivity index (χ4v) is 1.47. The second kappa shape index (κ2) is 3.99. The fourth-order valence-electron chi connectivity index (χ4n) is 0.718. The van der Waals surface area contributed by atoms with Gasteiger partial charge in [-0.1, -0.05) is 24.8 Å². The third kappa shape index (κ3) is 2.24. The molecular weight excluding hydrogens is 159 g/mol. The second-order valence-corrected chi connectivity index (χ2v) is 3.33. The predicted molar refractivity (Wildman–Crippen MR) is 46.4 cm³/mol. The van der Waals surface area contributed by atoms with Crippen molar-refractivity contribution in [3.05, 3.63) is 43.2 Å². The number of rotatable bonds is 3. The van der Waals surface area contributed by atoms with Crippen LogP contribution in [0, 0.1) is 0 Å². The van der Waals surface area contributed by atoms with Crippen molar-refractivity contribution < 1.29 is 9.09 Å². The minimum Gasteiger partial charge on any atom is -0.450 e. The van der Waals surface area contributed by atoms with Gasteiger partial charge in [0.2, 0.25) is 0 Å². The summed E-state index contributed by atoms with van der Waals surface area (Å²) in [5.74, 6) is 0. The van der Waals surface area contributed by atoms with Crippen LogP contribution in [-0.2, 0) is 9.09 Å². The molecule has 58 valence electrons. The van der Waals surface area contributed by atoms with Crippen LogP contribution in [0.1, 0.15) is 0 Å². The first-order valence-corrected chi connectivity index (χ1v) is 4.53. The number of hydrogen-bond donors (Lipinski definition) is 0. The molecule has 0 aliphatic rings. The lowest BCUT2D eigenvalue weighted by Crippen LogP contribution is -1.93. The molecule has 0 aliphatic carbocycles. The highest BCUT2D eigenvalue weighted by molar-refractivity contribution is 7.48. The Labute approximate surface area is 66.4 Å². The van der Waals surface area contributed by atoms with E-state index in [1.807, 2.05) is 18.2 Å². The van der Waals surface area contributed by atoms with E-state index in [2.05, 4.69) is 6.58 Å². The van der Waals surface area contributed by atoms with Gasteiger partial charge in [-0.3, -0.25) is 4.57 Å². The van der Waals surface area contributed by atoms with E-state index in [4.69, 9.17) is 4.52 Å². The zero-order valence-electron chi connectivity index (χ0n) is 5.99. The Morgan fingerprint density at radius 2 is 2.00 bits per heavy atom.